The molecule has 2 N–H and O–H groups in total. The van der Waals surface area contributed by atoms with Crippen LogP contribution in [0.25, 0.3) is 0 Å². The van der Waals surface area contributed by atoms with Crippen molar-refractivity contribution >= 4 is 43.7 Å². The van der Waals surface area contributed by atoms with Gasteiger partial charge in [-0.05, 0) is 32.0 Å². The van der Waals surface area contributed by atoms with Crippen LogP contribution in [0.15, 0.2) is 27.1 Å². The van der Waals surface area contributed by atoms with Crippen LogP contribution in [0.4, 0.5) is 0 Å². The average Bonchev–Trinajstić information content (AvgIpc) is 2.27. The van der Waals surface area contributed by atoms with E-state index in [-0.39, 0.29) is 11.8 Å². The third-order valence-corrected chi connectivity index (χ3v) is 3.13. The van der Waals surface area contributed by atoms with Crippen molar-refractivity contribution < 1.29 is 9.59 Å². The highest BCUT2D eigenvalue weighted by Gasteiger charge is 2.16. The first-order chi connectivity index (χ1) is 8.43. The number of benzene rings is 1. The summed E-state index contributed by atoms with van der Waals surface area (Å²) in [7, 11) is 0. The van der Waals surface area contributed by atoms with Gasteiger partial charge in [-0.3, -0.25) is 9.59 Å². The first kappa shape index (κ1) is 15.2. The minimum absolute atomic E-state index is 0.195. The molecule has 1 aromatic carbocycles. The van der Waals surface area contributed by atoms with Crippen LogP contribution in [0.3, 0.4) is 0 Å². The van der Waals surface area contributed by atoms with Crippen LogP contribution in [0.1, 0.15) is 24.2 Å². The summed E-state index contributed by atoms with van der Waals surface area (Å²) < 4.78 is 1.60. The molecule has 0 aliphatic carbocycles. The molecule has 6 heteroatoms. The Balaban J connectivity index is 2.73. The lowest BCUT2D eigenvalue weighted by molar-refractivity contribution is -0.122. The highest BCUT2D eigenvalue weighted by molar-refractivity contribution is 9.11. The quantitative estimate of drug-likeness (QED) is 0.846. The predicted octanol–water partition coefficient (Wildman–Crippen LogP) is 2.47. The van der Waals surface area contributed by atoms with Gasteiger partial charge in [0.05, 0.1) is 0 Å². The van der Waals surface area contributed by atoms with E-state index >= 15 is 0 Å². The van der Waals surface area contributed by atoms with Gasteiger partial charge < -0.3 is 10.6 Å². The fraction of sp³-hybridized carbons (Fsp3) is 0.333. The van der Waals surface area contributed by atoms with E-state index in [1.54, 1.807) is 19.1 Å². The van der Waals surface area contributed by atoms with Crippen LogP contribution >= 0.6 is 31.9 Å². The van der Waals surface area contributed by atoms with E-state index < -0.39 is 6.04 Å². The highest BCUT2D eigenvalue weighted by atomic mass is 79.9. The molecule has 1 atom stereocenters. The normalized spacial score (nSPS) is 11.8. The van der Waals surface area contributed by atoms with Crippen molar-refractivity contribution in [2.45, 2.75) is 19.9 Å². The van der Waals surface area contributed by atoms with Crippen LogP contribution in [0, 0.1) is 0 Å². The smallest absolute Gasteiger partial charge is 0.251 e. The van der Waals surface area contributed by atoms with Gasteiger partial charge in [0.2, 0.25) is 5.91 Å². The maximum Gasteiger partial charge on any atom is 0.251 e. The van der Waals surface area contributed by atoms with E-state index in [9.17, 15) is 9.59 Å². The Morgan fingerprint density at radius 2 is 1.78 bits per heavy atom. The van der Waals surface area contributed by atoms with E-state index in [0.29, 0.717) is 12.1 Å². The SMILES string of the molecule is CCNC(=O)C(C)NC(=O)c1cc(Br)cc(Br)c1. The highest BCUT2D eigenvalue weighted by Crippen LogP contribution is 2.20. The summed E-state index contributed by atoms with van der Waals surface area (Å²) >= 11 is 6.62. The van der Waals surface area contributed by atoms with Crippen molar-refractivity contribution in [2.24, 2.45) is 0 Å². The number of carbonyl (C=O) groups is 2. The summed E-state index contributed by atoms with van der Waals surface area (Å²) in [4.78, 5) is 23.4. The second kappa shape index (κ2) is 6.89. The van der Waals surface area contributed by atoms with Crippen LogP contribution in [-0.4, -0.2) is 24.4 Å². The lowest BCUT2D eigenvalue weighted by Crippen LogP contribution is -2.44. The number of hydrogen-bond donors (Lipinski definition) is 2. The predicted molar refractivity (Wildman–Crippen MR) is 77.5 cm³/mol. The van der Waals surface area contributed by atoms with Crippen LogP contribution < -0.4 is 10.6 Å². The lowest BCUT2D eigenvalue weighted by atomic mass is 10.2. The maximum atomic E-state index is 11.9. The maximum absolute atomic E-state index is 11.9. The van der Waals surface area contributed by atoms with E-state index in [4.69, 9.17) is 0 Å². The molecule has 1 aromatic rings. The summed E-state index contributed by atoms with van der Waals surface area (Å²) in [5.74, 6) is -0.476. The van der Waals surface area contributed by atoms with Crippen LogP contribution in [-0.2, 0) is 4.79 Å². The van der Waals surface area contributed by atoms with Crippen molar-refractivity contribution in [1.82, 2.24) is 10.6 Å². The number of amides is 2. The number of hydrogen-bond acceptors (Lipinski definition) is 2. The molecule has 18 heavy (non-hydrogen) atoms. The zero-order valence-electron chi connectivity index (χ0n) is 10.1. The van der Waals surface area contributed by atoms with Crippen molar-refractivity contribution in [2.75, 3.05) is 6.54 Å². The number of carbonyl (C=O) groups excluding carboxylic acids is 2. The Bertz CT molecular complexity index is 443. The third-order valence-electron chi connectivity index (χ3n) is 2.22. The molecular weight excluding hydrogens is 364 g/mol. The topological polar surface area (TPSA) is 58.2 Å². The minimum atomic E-state index is -0.560. The first-order valence-corrected chi connectivity index (χ1v) is 7.07. The Morgan fingerprint density at radius 1 is 1.22 bits per heavy atom. The molecule has 0 aromatic heterocycles. The third kappa shape index (κ3) is 4.42. The first-order valence-electron chi connectivity index (χ1n) is 5.48. The fourth-order valence-electron chi connectivity index (χ4n) is 1.36. The summed E-state index contributed by atoms with van der Waals surface area (Å²) in [5, 5.41) is 5.30. The number of nitrogens with one attached hydrogen (secondary N) is 2. The van der Waals surface area contributed by atoms with E-state index in [1.807, 2.05) is 13.0 Å². The van der Waals surface area contributed by atoms with Gasteiger partial charge in [-0.25, -0.2) is 0 Å². The zero-order chi connectivity index (χ0) is 13.7. The average molecular weight is 378 g/mol. The van der Waals surface area contributed by atoms with Crippen LogP contribution in [0.5, 0.6) is 0 Å². The summed E-state index contributed by atoms with van der Waals surface area (Å²) in [6.45, 7) is 4.02. The Morgan fingerprint density at radius 3 is 2.28 bits per heavy atom. The van der Waals surface area contributed by atoms with E-state index in [0.717, 1.165) is 8.95 Å². The molecule has 0 fully saturated rings. The second-order valence-electron chi connectivity index (χ2n) is 3.75. The summed E-state index contributed by atoms with van der Waals surface area (Å²) in [5.41, 5.74) is 0.493. The molecule has 2 amide bonds. The number of likely N-dealkylation sites (N-methyl/N-ethyl adjacent to an activating group) is 1. The lowest BCUT2D eigenvalue weighted by Gasteiger charge is -2.13. The van der Waals surface area contributed by atoms with Crippen molar-refractivity contribution in [3.63, 3.8) is 0 Å². The van der Waals surface area contributed by atoms with E-state index in [1.165, 1.54) is 0 Å². The Labute approximate surface area is 123 Å². The molecule has 1 unspecified atom stereocenters. The molecule has 98 valence electrons. The summed E-state index contributed by atoms with van der Waals surface area (Å²) in [6.07, 6.45) is 0. The fourth-order valence-corrected chi connectivity index (χ4v) is 2.65. The van der Waals surface area contributed by atoms with E-state index in [2.05, 4.69) is 42.5 Å². The standard InChI is InChI=1S/C12H14Br2N2O2/c1-3-15-11(17)7(2)16-12(18)8-4-9(13)6-10(14)5-8/h4-7H,3H2,1-2H3,(H,15,17)(H,16,18). The Hall–Kier alpha value is -0.880. The Kier molecular flexibility index (Phi) is 5.81. The van der Waals surface area contributed by atoms with Crippen molar-refractivity contribution in [3.8, 4) is 0 Å². The minimum Gasteiger partial charge on any atom is -0.355 e. The van der Waals surface area contributed by atoms with Gasteiger partial charge in [-0.1, -0.05) is 31.9 Å². The molecule has 4 nitrogen and oxygen atoms in total. The molecule has 0 aliphatic rings. The molecule has 0 heterocycles. The number of halogens is 2. The van der Waals surface area contributed by atoms with Crippen molar-refractivity contribution in [3.05, 3.63) is 32.7 Å². The molecule has 0 saturated carbocycles. The zero-order valence-corrected chi connectivity index (χ0v) is 13.3. The molecule has 0 aliphatic heterocycles. The number of rotatable bonds is 4. The van der Waals surface area contributed by atoms with Gasteiger partial charge in [0, 0.05) is 21.1 Å². The van der Waals surface area contributed by atoms with Gasteiger partial charge in [0.1, 0.15) is 6.04 Å². The largest absolute Gasteiger partial charge is 0.355 e. The summed E-state index contributed by atoms with van der Waals surface area (Å²) in [6, 6.07) is 4.68. The molecular formula is C12H14Br2N2O2. The van der Waals surface area contributed by atoms with Gasteiger partial charge in [0.25, 0.3) is 5.91 Å². The van der Waals surface area contributed by atoms with Gasteiger partial charge in [-0.15, -0.1) is 0 Å². The van der Waals surface area contributed by atoms with Crippen molar-refractivity contribution in [1.29, 1.82) is 0 Å². The second-order valence-corrected chi connectivity index (χ2v) is 5.58. The van der Waals surface area contributed by atoms with Crippen LogP contribution in [0.2, 0.25) is 0 Å². The molecule has 0 spiro atoms. The molecule has 0 bridgehead atoms. The molecule has 0 saturated heterocycles. The van der Waals surface area contributed by atoms with Gasteiger partial charge in [0.15, 0.2) is 0 Å². The van der Waals surface area contributed by atoms with Gasteiger partial charge >= 0.3 is 0 Å². The molecule has 0 radical (unpaired) electrons. The monoisotopic (exact) mass is 376 g/mol. The molecule has 1 rings (SSSR count). The van der Waals surface area contributed by atoms with Gasteiger partial charge in [-0.2, -0.15) is 0 Å².